The van der Waals surface area contributed by atoms with Gasteiger partial charge in [-0.1, -0.05) is 65.6 Å². The topological polar surface area (TPSA) is 21.3 Å². The monoisotopic (exact) mass is 367 g/mol. The number of halogens is 2. The fraction of sp³-hybridized carbons (Fsp3) is 0.294. The molecule has 0 aliphatic rings. The molecule has 2 aromatic carbocycles. The molecule has 0 amide bonds. The normalized spacial score (nSPS) is 10.9. The van der Waals surface area contributed by atoms with E-state index in [0.29, 0.717) is 23.4 Å². The van der Waals surface area contributed by atoms with Gasteiger partial charge >= 0.3 is 0 Å². The van der Waals surface area contributed by atoms with E-state index in [-0.39, 0.29) is 0 Å². The second-order valence-electron chi connectivity index (χ2n) is 5.22. The third-order valence-corrected chi connectivity index (χ3v) is 3.83. The second-order valence-corrected chi connectivity index (χ2v) is 6.54. The Balaban J connectivity index is 1.93. The molecular formula is C17H19BrClNO. The van der Waals surface area contributed by atoms with E-state index in [0.717, 1.165) is 16.6 Å². The SMILES string of the molecule is CC(C)NCc1ccc(COc2cc(Br)ccc2Cl)cc1. The Morgan fingerprint density at radius 2 is 1.76 bits per heavy atom. The Hall–Kier alpha value is -1.03. The van der Waals surface area contributed by atoms with E-state index in [4.69, 9.17) is 16.3 Å². The van der Waals surface area contributed by atoms with Gasteiger partial charge in [0.1, 0.15) is 12.4 Å². The molecule has 0 saturated carbocycles. The highest BCUT2D eigenvalue weighted by Crippen LogP contribution is 2.28. The molecule has 2 rings (SSSR count). The molecule has 4 heteroatoms. The number of nitrogens with one attached hydrogen (secondary N) is 1. The molecule has 0 aliphatic carbocycles. The maximum atomic E-state index is 6.10. The molecule has 0 bridgehead atoms. The van der Waals surface area contributed by atoms with Gasteiger partial charge in [-0.2, -0.15) is 0 Å². The number of rotatable bonds is 6. The van der Waals surface area contributed by atoms with Crippen LogP contribution in [0.1, 0.15) is 25.0 Å². The average molecular weight is 369 g/mol. The molecule has 0 saturated heterocycles. The van der Waals surface area contributed by atoms with Gasteiger partial charge in [-0.05, 0) is 29.3 Å². The quantitative estimate of drug-likeness (QED) is 0.758. The van der Waals surface area contributed by atoms with Gasteiger partial charge in [0.2, 0.25) is 0 Å². The van der Waals surface area contributed by atoms with Crippen molar-refractivity contribution in [1.29, 1.82) is 0 Å². The lowest BCUT2D eigenvalue weighted by Gasteiger charge is -2.10. The summed E-state index contributed by atoms with van der Waals surface area (Å²) in [5, 5.41) is 4.02. The Morgan fingerprint density at radius 3 is 2.43 bits per heavy atom. The first-order valence-electron chi connectivity index (χ1n) is 6.93. The van der Waals surface area contributed by atoms with Crippen LogP contribution in [-0.4, -0.2) is 6.04 Å². The lowest BCUT2D eigenvalue weighted by atomic mass is 10.1. The first-order valence-corrected chi connectivity index (χ1v) is 8.11. The fourth-order valence-electron chi connectivity index (χ4n) is 1.82. The zero-order chi connectivity index (χ0) is 15.2. The van der Waals surface area contributed by atoms with E-state index >= 15 is 0 Å². The Morgan fingerprint density at radius 1 is 1.10 bits per heavy atom. The number of benzene rings is 2. The lowest BCUT2D eigenvalue weighted by Crippen LogP contribution is -2.21. The molecule has 0 heterocycles. The predicted octanol–water partition coefficient (Wildman–Crippen LogP) is 5.18. The van der Waals surface area contributed by atoms with E-state index in [9.17, 15) is 0 Å². The van der Waals surface area contributed by atoms with E-state index in [1.54, 1.807) is 0 Å². The van der Waals surface area contributed by atoms with Gasteiger partial charge in [0.25, 0.3) is 0 Å². The Bertz CT molecular complexity index is 584. The zero-order valence-corrected chi connectivity index (χ0v) is 14.5. The van der Waals surface area contributed by atoms with Crippen LogP contribution in [0.25, 0.3) is 0 Å². The van der Waals surface area contributed by atoms with Crippen LogP contribution in [0.15, 0.2) is 46.9 Å². The minimum Gasteiger partial charge on any atom is -0.487 e. The first-order chi connectivity index (χ1) is 10.0. The third kappa shape index (κ3) is 5.34. The van der Waals surface area contributed by atoms with Crippen molar-refractivity contribution < 1.29 is 4.74 Å². The number of ether oxygens (including phenoxy) is 1. The molecule has 21 heavy (non-hydrogen) atoms. The standard InChI is InChI=1S/C17H19BrClNO/c1-12(2)20-10-13-3-5-14(6-4-13)11-21-17-9-15(18)7-8-16(17)19/h3-9,12,20H,10-11H2,1-2H3. The maximum Gasteiger partial charge on any atom is 0.139 e. The van der Waals surface area contributed by atoms with Gasteiger partial charge < -0.3 is 10.1 Å². The van der Waals surface area contributed by atoms with Crippen LogP contribution < -0.4 is 10.1 Å². The van der Waals surface area contributed by atoms with Crippen molar-refractivity contribution in [3.63, 3.8) is 0 Å². The third-order valence-electron chi connectivity index (χ3n) is 3.02. The second kappa shape index (κ2) is 7.83. The number of hydrogen-bond donors (Lipinski definition) is 1. The summed E-state index contributed by atoms with van der Waals surface area (Å²) in [5.41, 5.74) is 2.40. The van der Waals surface area contributed by atoms with Crippen molar-refractivity contribution in [2.24, 2.45) is 0 Å². The van der Waals surface area contributed by atoms with Crippen molar-refractivity contribution >= 4 is 27.5 Å². The lowest BCUT2D eigenvalue weighted by molar-refractivity contribution is 0.306. The van der Waals surface area contributed by atoms with Crippen LogP contribution in [0.2, 0.25) is 5.02 Å². The molecule has 0 aromatic heterocycles. The van der Waals surface area contributed by atoms with Crippen LogP contribution >= 0.6 is 27.5 Å². The fourth-order valence-corrected chi connectivity index (χ4v) is 2.34. The van der Waals surface area contributed by atoms with Gasteiger partial charge in [-0.25, -0.2) is 0 Å². The van der Waals surface area contributed by atoms with Crippen molar-refractivity contribution in [3.05, 3.63) is 63.1 Å². The highest BCUT2D eigenvalue weighted by molar-refractivity contribution is 9.10. The summed E-state index contributed by atoms with van der Waals surface area (Å²) in [6.07, 6.45) is 0. The first kappa shape index (κ1) is 16.3. The molecule has 0 spiro atoms. The van der Waals surface area contributed by atoms with Crippen LogP contribution in [0.3, 0.4) is 0 Å². The molecule has 2 aromatic rings. The smallest absolute Gasteiger partial charge is 0.139 e. The number of hydrogen-bond acceptors (Lipinski definition) is 2. The maximum absolute atomic E-state index is 6.10. The van der Waals surface area contributed by atoms with Crippen LogP contribution in [0.5, 0.6) is 5.75 Å². The van der Waals surface area contributed by atoms with Crippen molar-refractivity contribution in [1.82, 2.24) is 5.32 Å². The van der Waals surface area contributed by atoms with E-state index in [2.05, 4.69) is 59.4 Å². The molecule has 1 N–H and O–H groups in total. The highest BCUT2D eigenvalue weighted by Gasteiger charge is 2.03. The molecule has 0 fully saturated rings. The summed E-state index contributed by atoms with van der Waals surface area (Å²) in [7, 11) is 0. The van der Waals surface area contributed by atoms with Crippen molar-refractivity contribution in [3.8, 4) is 5.75 Å². The molecule has 0 aliphatic heterocycles. The summed E-state index contributed by atoms with van der Waals surface area (Å²) in [6, 6.07) is 14.5. The van der Waals surface area contributed by atoms with Crippen LogP contribution in [-0.2, 0) is 13.2 Å². The summed E-state index contributed by atoms with van der Waals surface area (Å²) in [4.78, 5) is 0. The minimum atomic E-state index is 0.492. The molecule has 0 atom stereocenters. The zero-order valence-electron chi connectivity index (χ0n) is 12.2. The molecule has 0 unspecified atom stereocenters. The van der Waals surface area contributed by atoms with E-state index in [1.807, 2.05) is 18.2 Å². The molecular weight excluding hydrogens is 350 g/mol. The summed E-state index contributed by atoms with van der Waals surface area (Å²) in [6.45, 7) is 5.68. The largest absolute Gasteiger partial charge is 0.487 e. The van der Waals surface area contributed by atoms with Gasteiger partial charge in [-0.3, -0.25) is 0 Å². The summed E-state index contributed by atoms with van der Waals surface area (Å²) in [5.74, 6) is 0.691. The van der Waals surface area contributed by atoms with Gasteiger partial charge in [-0.15, -0.1) is 0 Å². The summed E-state index contributed by atoms with van der Waals surface area (Å²) >= 11 is 9.52. The van der Waals surface area contributed by atoms with Crippen molar-refractivity contribution in [2.45, 2.75) is 33.0 Å². The highest BCUT2D eigenvalue weighted by atomic mass is 79.9. The Labute approximate surface area is 139 Å². The van der Waals surface area contributed by atoms with Crippen LogP contribution in [0.4, 0.5) is 0 Å². The molecule has 112 valence electrons. The van der Waals surface area contributed by atoms with Crippen LogP contribution in [0, 0.1) is 0 Å². The van der Waals surface area contributed by atoms with Gasteiger partial charge in [0.05, 0.1) is 5.02 Å². The van der Waals surface area contributed by atoms with E-state index < -0.39 is 0 Å². The van der Waals surface area contributed by atoms with E-state index in [1.165, 1.54) is 5.56 Å². The molecule has 2 nitrogen and oxygen atoms in total. The minimum absolute atomic E-state index is 0.492. The molecule has 0 radical (unpaired) electrons. The van der Waals surface area contributed by atoms with Gasteiger partial charge in [0.15, 0.2) is 0 Å². The predicted molar refractivity (Wildman–Crippen MR) is 91.9 cm³/mol. The Kier molecular flexibility index (Phi) is 6.09. The van der Waals surface area contributed by atoms with Gasteiger partial charge in [0, 0.05) is 17.1 Å². The summed E-state index contributed by atoms with van der Waals surface area (Å²) < 4.78 is 6.72. The average Bonchev–Trinajstić information content (AvgIpc) is 2.47. The van der Waals surface area contributed by atoms with Crippen molar-refractivity contribution in [2.75, 3.05) is 0 Å².